The molecule has 0 radical (unpaired) electrons. The molecule has 0 spiro atoms. The molecular weight excluding hydrogens is 286 g/mol. The second-order valence-electron chi connectivity index (χ2n) is 6.49. The van der Waals surface area contributed by atoms with Gasteiger partial charge in [-0.2, -0.15) is 0 Å². The topological polar surface area (TPSA) is 84.9 Å². The minimum absolute atomic E-state index is 0.0667. The van der Waals surface area contributed by atoms with Gasteiger partial charge in [-0.1, -0.05) is 13.3 Å². The van der Waals surface area contributed by atoms with Crippen molar-refractivity contribution in [2.45, 2.75) is 65.9 Å². The van der Waals surface area contributed by atoms with Crippen LogP contribution in [0.5, 0.6) is 0 Å². The lowest BCUT2D eigenvalue weighted by Gasteiger charge is -2.30. The van der Waals surface area contributed by atoms with Gasteiger partial charge in [-0.05, 0) is 47.0 Å². The number of amides is 1. The molecule has 0 saturated carbocycles. The van der Waals surface area contributed by atoms with Crippen LogP contribution in [-0.4, -0.2) is 42.5 Å². The molecule has 0 bridgehead atoms. The molecule has 130 valence electrons. The zero-order valence-electron chi connectivity index (χ0n) is 14.5. The van der Waals surface area contributed by atoms with E-state index in [0.717, 1.165) is 6.42 Å². The average molecular weight is 317 g/mol. The third kappa shape index (κ3) is 8.22. The van der Waals surface area contributed by atoms with Crippen molar-refractivity contribution in [2.24, 2.45) is 5.41 Å². The Labute approximate surface area is 133 Å². The highest BCUT2D eigenvalue weighted by atomic mass is 16.6. The molecule has 1 atom stereocenters. The molecule has 0 aromatic carbocycles. The van der Waals surface area contributed by atoms with Crippen LogP contribution in [0, 0.1) is 5.41 Å². The van der Waals surface area contributed by atoms with Crippen LogP contribution in [0.4, 0.5) is 4.79 Å². The molecule has 1 unspecified atom stereocenters. The van der Waals surface area contributed by atoms with E-state index in [0.29, 0.717) is 32.5 Å². The monoisotopic (exact) mass is 317 g/mol. The number of aliphatic carboxylic acids is 1. The summed E-state index contributed by atoms with van der Waals surface area (Å²) < 4.78 is 10.4. The second-order valence-corrected chi connectivity index (χ2v) is 6.49. The maximum Gasteiger partial charge on any atom is 0.407 e. The molecule has 0 rings (SSSR count). The molecule has 0 aromatic heterocycles. The fraction of sp³-hybridized carbons (Fsp3) is 0.875. The SMILES string of the molecule is CCCC(CCCOCC)(CNC(=O)OC(C)(C)C)C(=O)O. The van der Waals surface area contributed by atoms with Crippen molar-refractivity contribution in [3.63, 3.8) is 0 Å². The zero-order valence-corrected chi connectivity index (χ0v) is 14.5. The number of carbonyl (C=O) groups is 2. The fourth-order valence-corrected chi connectivity index (χ4v) is 2.28. The molecule has 0 aliphatic carbocycles. The van der Waals surface area contributed by atoms with E-state index in [4.69, 9.17) is 9.47 Å². The van der Waals surface area contributed by atoms with Gasteiger partial charge in [-0.3, -0.25) is 4.79 Å². The van der Waals surface area contributed by atoms with Crippen LogP contribution in [0.1, 0.15) is 60.3 Å². The molecule has 0 saturated heterocycles. The third-order valence-electron chi connectivity index (χ3n) is 3.30. The molecular formula is C16H31NO5. The van der Waals surface area contributed by atoms with Crippen molar-refractivity contribution in [3.8, 4) is 0 Å². The van der Waals surface area contributed by atoms with Gasteiger partial charge in [-0.15, -0.1) is 0 Å². The molecule has 6 heteroatoms. The third-order valence-corrected chi connectivity index (χ3v) is 3.30. The molecule has 1 amide bonds. The Balaban J connectivity index is 4.70. The highest BCUT2D eigenvalue weighted by Gasteiger charge is 2.37. The molecule has 0 aliphatic heterocycles. The van der Waals surface area contributed by atoms with E-state index in [-0.39, 0.29) is 6.54 Å². The lowest BCUT2D eigenvalue weighted by atomic mass is 9.79. The minimum Gasteiger partial charge on any atom is -0.481 e. The summed E-state index contributed by atoms with van der Waals surface area (Å²) in [6.45, 7) is 10.4. The summed E-state index contributed by atoms with van der Waals surface area (Å²) in [5.41, 5.74) is -1.57. The van der Waals surface area contributed by atoms with Gasteiger partial charge in [0.05, 0.1) is 5.41 Å². The van der Waals surface area contributed by atoms with Crippen molar-refractivity contribution in [2.75, 3.05) is 19.8 Å². The first-order valence-electron chi connectivity index (χ1n) is 7.95. The molecule has 0 aliphatic rings. The van der Waals surface area contributed by atoms with Crippen LogP contribution in [0.3, 0.4) is 0 Å². The number of nitrogens with one attached hydrogen (secondary N) is 1. The van der Waals surface area contributed by atoms with Gasteiger partial charge >= 0.3 is 12.1 Å². The van der Waals surface area contributed by atoms with Crippen LogP contribution in [-0.2, 0) is 14.3 Å². The van der Waals surface area contributed by atoms with Gasteiger partial charge in [0, 0.05) is 19.8 Å². The second kappa shape index (κ2) is 9.66. The first-order valence-corrected chi connectivity index (χ1v) is 7.95. The van der Waals surface area contributed by atoms with Crippen molar-refractivity contribution in [1.82, 2.24) is 5.32 Å². The molecule has 0 fully saturated rings. The van der Waals surface area contributed by atoms with E-state index in [1.807, 2.05) is 13.8 Å². The molecule has 22 heavy (non-hydrogen) atoms. The number of ether oxygens (including phenoxy) is 2. The summed E-state index contributed by atoms with van der Waals surface area (Å²) >= 11 is 0. The van der Waals surface area contributed by atoms with Crippen LogP contribution in [0.2, 0.25) is 0 Å². The zero-order chi connectivity index (χ0) is 17.2. The summed E-state index contributed by atoms with van der Waals surface area (Å²) in [5, 5.41) is 12.2. The number of hydrogen-bond donors (Lipinski definition) is 2. The number of rotatable bonds is 10. The predicted octanol–water partition coefficient (Wildman–Crippen LogP) is 3.20. The number of carboxylic acids is 1. The van der Waals surface area contributed by atoms with Crippen molar-refractivity contribution >= 4 is 12.1 Å². The van der Waals surface area contributed by atoms with Gasteiger partial charge in [-0.25, -0.2) is 4.79 Å². The number of carbonyl (C=O) groups excluding carboxylic acids is 1. The van der Waals surface area contributed by atoms with E-state index in [9.17, 15) is 14.7 Å². The van der Waals surface area contributed by atoms with Crippen molar-refractivity contribution in [3.05, 3.63) is 0 Å². The number of carboxylic acid groups (broad SMARTS) is 1. The Bertz CT molecular complexity index is 351. The maximum absolute atomic E-state index is 11.8. The molecule has 0 aromatic rings. The van der Waals surface area contributed by atoms with Crippen LogP contribution < -0.4 is 5.32 Å². The Morgan fingerprint density at radius 2 is 1.77 bits per heavy atom. The summed E-state index contributed by atoms with van der Waals surface area (Å²) in [6.07, 6.45) is 1.77. The van der Waals surface area contributed by atoms with Gasteiger partial charge in [0.15, 0.2) is 0 Å². The molecule has 6 nitrogen and oxygen atoms in total. The normalized spacial score (nSPS) is 14.2. The Morgan fingerprint density at radius 1 is 1.14 bits per heavy atom. The highest BCUT2D eigenvalue weighted by molar-refractivity contribution is 5.76. The summed E-state index contributed by atoms with van der Waals surface area (Å²) in [6, 6.07) is 0. The number of alkyl carbamates (subject to hydrolysis) is 1. The summed E-state index contributed by atoms with van der Waals surface area (Å²) in [7, 11) is 0. The first-order chi connectivity index (χ1) is 10.2. The predicted molar refractivity (Wildman–Crippen MR) is 84.9 cm³/mol. The Hall–Kier alpha value is -1.30. The Morgan fingerprint density at radius 3 is 2.23 bits per heavy atom. The number of hydrogen-bond acceptors (Lipinski definition) is 4. The minimum atomic E-state index is -0.969. The van der Waals surface area contributed by atoms with Crippen LogP contribution in [0.15, 0.2) is 0 Å². The lowest BCUT2D eigenvalue weighted by molar-refractivity contribution is -0.149. The fourth-order valence-electron chi connectivity index (χ4n) is 2.28. The van der Waals surface area contributed by atoms with Crippen LogP contribution >= 0.6 is 0 Å². The van der Waals surface area contributed by atoms with Crippen molar-refractivity contribution in [1.29, 1.82) is 0 Å². The lowest BCUT2D eigenvalue weighted by Crippen LogP contribution is -2.44. The molecule has 2 N–H and O–H groups in total. The van der Waals surface area contributed by atoms with Gasteiger partial charge in [0.2, 0.25) is 0 Å². The first kappa shape index (κ1) is 20.7. The van der Waals surface area contributed by atoms with E-state index < -0.39 is 23.1 Å². The smallest absolute Gasteiger partial charge is 0.407 e. The summed E-state index contributed by atoms with van der Waals surface area (Å²) in [5.74, 6) is -0.887. The van der Waals surface area contributed by atoms with E-state index >= 15 is 0 Å². The van der Waals surface area contributed by atoms with Crippen molar-refractivity contribution < 1.29 is 24.2 Å². The average Bonchev–Trinajstić information content (AvgIpc) is 2.38. The Kier molecular flexibility index (Phi) is 9.09. The van der Waals surface area contributed by atoms with Gasteiger partial charge in [0.25, 0.3) is 0 Å². The van der Waals surface area contributed by atoms with Gasteiger partial charge < -0.3 is 19.9 Å². The van der Waals surface area contributed by atoms with Gasteiger partial charge in [0.1, 0.15) is 5.60 Å². The van der Waals surface area contributed by atoms with E-state index in [1.54, 1.807) is 20.8 Å². The standard InChI is InChI=1S/C16H31NO5/c1-6-9-16(13(18)19,10-8-11-21-7-2)12-17-14(20)22-15(3,4)5/h6-12H2,1-5H3,(H,17,20)(H,18,19). The largest absolute Gasteiger partial charge is 0.481 e. The molecule has 0 heterocycles. The van der Waals surface area contributed by atoms with Crippen LogP contribution in [0.25, 0.3) is 0 Å². The quantitative estimate of drug-likeness (QED) is 0.604. The highest BCUT2D eigenvalue weighted by Crippen LogP contribution is 2.30. The summed E-state index contributed by atoms with van der Waals surface area (Å²) in [4.78, 5) is 23.5. The van der Waals surface area contributed by atoms with E-state index in [2.05, 4.69) is 5.32 Å². The van der Waals surface area contributed by atoms with E-state index in [1.165, 1.54) is 0 Å². The maximum atomic E-state index is 11.8.